The van der Waals surface area contributed by atoms with E-state index in [-0.39, 0.29) is 86.4 Å². The van der Waals surface area contributed by atoms with E-state index in [2.05, 4.69) is 46.8 Å². The minimum atomic E-state index is -3.56. The number of unbranched alkanes of at least 4 members (excludes halogenated alkanes) is 2. The summed E-state index contributed by atoms with van der Waals surface area (Å²) in [5.41, 5.74) is 18.2. The number of amides is 11. The zero-order chi connectivity index (χ0) is 68.1. The highest BCUT2D eigenvalue weighted by Gasteiger charge is 2.33. The lowest BCUT2D eigenvalue weighted by Crippen LogP contribution is -2.54. The maximum atomic E-state index is 15.0. The Balaban J connectivity index is 0.820. The number of allylic oxidation sites excluding steroid dienone is 3. The number of aromatic nitrogens is 1. The Morgan fingerprint density at radius 3 is 2.18 bits per heavy atom. The molecule has 0 fully saturated rings. The summed E-state index contributed by atoms with van der Waals surface area (Å²) in [6, 6.07) is 11.6. The molecule has 3 aromatic rings. The second-order valence-corrected chi connectivity index (χ2v) is 24.2. The summed E-state index contributed by atoms with van der Waals surface area (Å²) in [6.45, 7) is 10.3. The number of carbonyl (C=O) groups is 10. The number of hydrogen-bond acceptors (Lipinski definition) is 15. The molecule has 1 unspecified atom stereocenters. The highest BCUT2D eigenvalue weighted by Crippen LogP contribution is 2.35. The molecule has 0 bridgehead atoms. The van der Waals surface area contributed by atoms with Gasteiger partial charge >= 0.3 is 12.1 Å². The Kier molecular flexibility index (Phi) is 26.2. The second kappa shape index (κ2) is 34.3. The average Bonchev–Trinajstić information content (AvgIpc) is 1.41. The fourth-order valence-corrected chi connectivity index (χ4v) is 11.1. The Labute approximate surface area is 545 Å². The fraction of sp³-hybridized carbons (Fsp3) is 0.463. The van der Waals surface area contributed by atoms with Crippen molar-refractivity contribution in [1.82, 2.24) is 46.3 Å². The molecule has 4 heterocycles. The lowest BCUT2D eigenvalue weighted by molar-refractivity contribution is -0.137. The van der Waals surface area contributed by atoms with Crippen molar-refractivity contribution in [2.45, 2.75) is 143 Å². The summed E-state index contributed by atoms with van der Waals surface area (Å²) >= 11 is 0. The predicted molar refractivity (Wildman–Crippen MR) is 348 cm³/mol. The Bertz CT molecular complexity index is 3430. The van der Waals surface area contributed by atoms with Gasteiger partial charge in [-0.1, -0.05) is 65.3 Å². The van der Waals surface area contributed by atoms with E-state index in [0.717, 1.165) is 40.1 Å². The molecular weight excluding hydrogens is 1210 g/mol. The van der Waals surface area contributed by atoms with Gasteiger partial charge in [0.25, 0.3) is 29.6 Å². The molecule has 0 saturated carbocycles. The molecule has 1 aliphatic carbocycles. The number of alkyl carbamates (subject to hydrolysis) is 1. The van der Waals surface area contributed by atoms with Crippen molar-refractivity contribution in [3.05, 3.63) is 135 Å². The molecule has 0 spiro atoms. The van der Waals surface area contributed by atoms with Gasteiger partial charge in [0, 0.05) is 105 Å². The average molecular weight is 1300 g/mol. The van der Waals surface area contributed by atoms with Gasteiger partial charge in [0.2, 0.25) is 23.6 Å². The van der Waals surface area contributed by atoms with Crippen LogP contribution in [0, 0.1) is 11.8 Å². The molecular formula is C67H86F2N14O11. The van der Waals surface area contributed by atoms with Crippen LogP contribution in [0.4, 0.5) is 29.7 Å². The second-order valence-electron chi connectivity index (χ2n) is 24.2. The number of nitrogens with one attached hydrogen (secondary N) is 7. The topological polar surface area (TPSA) is 351 Å². The number of amidine groups is 1. The molecule has 3 atom stereocenters. The van der Waals surface area contributed by atoms with Gasteiger partial charge in [0.15, 0.2) is 0 Å². The normalized spacial score (nSPS) is 16.1. The van der Waals surface area contributed by atoms with Crippen molar-refractivity contribution >= 4 is 76.6 Å². The van der Waals surface area contributed by atoms with Crippen LogP contribution in [0.1, 0.15) is 132 Å². The van der Waals surface area contributed by atoms with Crippen molar-refractivity contribution in [3.8, 4) is 0 Å². The number of urea groups is 1. The van der Waals surface area contributed by atoms with Gasteiger partial charge in [-0.15, -0.1) is 0 Å². The van der Waals surface area contributed by atoms with Crippen molar-refractivity contribution in [2.24, 2.45) is 28.3 Å². The smallest absolute Gasteiger partial charge is 0.407 e. The van der Waals surface area contributed by atoms with Crippen LogP contribution >= 0.6 is 0 Å². The summed E-state index contributed by atoms with van der Waals surface area (Å²) in [6.07, 6.45) is 11.5. The van der Waals surface area contributed by atoms with Crippen molar-refractivity contribution in [3.63, 3.8) is 0 Å². The molecule has 0 radical (unpaired) electrons. The molecule has 11 N–H and O–H groups in total. The van der Waals surface area contributed by atoms with Crippen molar-refractivity contribution < 1.29 is 61.5 Å². The van der Waals surface area contributed by atoms with E-state index in [1.807, 2.05) is 43.1 Å². The molecule has 25 nitrogen and oxygen atoms in total. The maximum Gasteiger partial charge on any atom is 0.407 e. The third-order valence-corrected chi connectivity index (χ3v) is 16.1. The number of aliphatic imine (C=N–C) groups is 1. The van der Waals surface area contributed by atoms with Gasteiger partial charge in [-0.25, -0.2) is 23.4 Å². The minimum absolute atomic E-state index is 0.0469. The summed E-state index contributed by atoms with van der Waals surface area (Å²) in [5.74, 6) is -7.28. The number of nitrogens with zero attached hydrogens (tertiary/aromatic N) is 5. The first-order valence-electron chi connectivity index (χ1n) is 31.9. The van der Waals surface area contributed by atoms with Gasteiger partial charge in [0.05, 0.1) is 30.7 Å². The standard InChI is InChI=1S/C67H86F2N14O11/c1-6-26-82(27-7-2)64(91)47-31-46-30-42(5)51(34-54(46)78-55(70)33-47)61(88)77-50-32-48-37-81(29-24-52(48)73-35-50)36-43-14-18-45(19-15-43)60(87)74-39-67(68,69)40-75-66(93)94-38-44-16-20-49(21-17-44)76-62(89)53(12-11-25-72-65(71)92)79-63(90)59(41(3)4)80-56(84)13-9-8-10-28-83-57(85)22-23-58(83)86/h14-23,31-32,34-35,41-42,53,59H,6-13,24-30,33,36-40H2,1-5H3,(H2,70,78)(H,74,87)(H,75,93)(H,76,89)(H,77,88)(H,79,90)(H,80,84)(H3,71,72,92)/t42?,53-,59-/m0/s1. The zero-order valence-corrected chi connectivity index (χ0v) is 53.9. The molecule has 11 amide bonds. The van der Waals surface area contributed by atoms with Gasteiger partial charge in [-0.3, -0.25) is 53.1 Å². The minimum Gasteiger partial charge on any atom is -0.445 e. The van der Waals surface area contributed by atoms with E-state index >= 15 is 0 Å². The summed E-state index contributed by atoms with van der Waals surface area (Å²) < 4.78 is 35.1. The fourth-order valence-electron chi connectivity index (χ4n) is 11.1. The number of hydrogen-bond donors (Lipinski definition) is 9. The molecule has 1 aromatic heterocycles. The molecule has 2 aromatic carbocycles. The highest BCUT2D eigenvalue weighted by atomic mass is 19.3. The lowest BCUT2D eigenvalue weighted by atomic mass is 9.85. The summed E-state index contributed by atoms with van der Waals surface area (Å²) in [7, 11) is 0. The number of nitrogens with two attached hydrogens (primary N) is 2. The number of benzene rings is 2. The van der Waals surface area contributed by atoms with Crippen molar-refractivity contribution in [2.75, 3.05) is 56.4 Å². The van der Waals surface area contributed by atoms with E-state index in [0.29, 0.717) is 104 Å². The van der Waals surface area contributed by atoms with Crippen LogP contribution in [0.25, 0.3) is 0 Å². The number of halogens is 2. The number of ether oxygens (including phenoxy) is 1. The Hall–Kier alpha value is -9.66. The molecule has 4 aliphatic rings. The van der Waals surface area contributed by atoms with E-state index in [4.69, 9.17) is 16.2 Å². The molecule has 27 heteroatoms. The van der Waals surface area contributed by atoms with E-state index in [1.165, 1.54) is 36.4 Å². The largest absolute Gasteiger partial charge is 0.445 e. The van der Waals surface area contributed by atoms with Crippen LogP contribution in [0.3, 0.4) is 0 Å². The van der Waals surface area contributed by atoms with Gasteiger partial charge in [0.1, 0.15) is 24.5 Å². The summed E-state index contributed by atoms with van der Waals surface area (Å²) in [4.78, 5) is 142. The number of alkyl halides is 2. The van der Waals surface area contributed by atoms with Crippen LogP contribution in [0.5, 0.6) is 0 Å². The van der Waals surface area contributed by atoms with Gasteiger partial charge in [-0.2, -0.15) is 0 Å². The van der Waals surface area contributed by atoms with Crippen LogP contribution in [0.2, 0.25) is 0 Å². The first-order valence-corrected chi connectivity index (χ1v) is 31.9. The van der Waals surface area contributed by atoms with E-state index < -0.39 is 66.8 Å². The molecule has 0 saturated heterocycles. The first-order chi connectivity index (χ1) is 44.9. The monoisotopic (exact) mass is 1300 g/mol. The predicted octanol–water partition coefficient (Wildman–Crippen LogP) is 5.92. The summed E-state index contributed by atoms with van der Waals surface area (Å²) in [5, 5.41) is 17.9. The number of carbonyl (C=O) groups excluding carboxylic acids is 10. The van der Waals surface area contributed by atoms with Crippen LogP contribution in [-0.4, -0.2) is 149 Å². The van der Waals surface area contributed by atoms with Crippen LogP contribution in [0.15, 0.2) is 113 Å². The molecule has 3 aliphatic heterocycles. The highest BCUT2D eigenvalue weighted by molar-refractivity contribution is 6.13. The molecule has 7 rings (SSSR count). The van der Waals surface area contributed by atoms with E-state index in [1.54, 1.807) is 50.4 Å². The number of anilines is 2. The van der Waals surface area contributed by atoms with Gasteiger partial charge in [-0.05, 0) is 122 Å². The third kappa shape index (κ3) is 21.5. The van der Waals surface area contributed by atoms with Crippen LogP contribution < -0.4 is 48.7 Å². The molecule has 504 valence electrons. The first kappa shape index (κ1) is 71.8. The Morgan fingerprint density at radius 2 is 1.50 bits per heavy atom. The van der Waals surface area contributed by atoms with E-state index in [9.17, 15) is 56.7 Å². The lowest BCUT2D eigenvalue weighted by Gasteiger charge is -2.28. The number of rotatable bonds is 32. The number of fused-ring (bicyclic) bond motifs is 1. The third-order valence-electron chi connectivity index (χ3n) is 16.1. The molecule has 94 heavy (non-hydrogen) atoms. The number of pyridine rings is 1. The Morgan fingerprint density at radius 1 is 0.809 bits per heavy atom. The maximum absolute atomic E-state index is 15.0. The zero-order valence-electron chi connectivity index (χ0n) is 53.9. The van der Waals surface area contributed by atoms with Crippen LogP contribution in [-0.2, 0) is 64.4 Å². The SMILES string of the molecule is CCCN(CCC)C(=O)C1=CC2=C(C=C(C(=O)Nc3cnc4c(c3)CN(Cc3ccc(C(=O)NCC(F)(F)CNC(=O)OCc5ccc(NC(=O)[C@H](CCCNC(N)=O)NC(=O)[C@@H](NC(=O)CCCCCN6C(=O)C=CC6=O)C(C)C)cc5)cc3)CC4)C(C)C2)N=C(N)C1. The quantitative estimate of drug-likeness (QED) is 0.0259. The number of primary amides is 1. The van der Waals surface area contributed by atoms with Gasteiger partial charge < -0.3 is 58.3 Å². The number of imide groups is 1. The van der Waals surface area contributed by atoms with Crippen molar-refractivity contribution in [1.29, 1.82) is 0 Å².